The molecule has 1 aromatic carbocycles. The number of halogens is 1. The van der Waals surface area contributed by atoms with Gasteiger partial charge in [-0.3, -0.25) is 0 Å². The first-order valence-corrected chi connectivity index (χ1v) is 9.29. The molecule has 1 saturated heterocycles. The molecular formula is C18H27BrN2. The minimum absolute atomic E-state index is 0.472. The average molecular weight is 351 g/mol. The van der Waals surface area contributed by atoms with Gasteiger partial charge in [0.25, 0.3) is 0 Å². The summed E-state index contributed by atoms with van der Waals surface area (Å²) < 4.78 is 1.24. The largest absolute Gasteiger partial charge is 0.310 e. The molecule has 1 aromatic rings. The van der Waals surface area contributed by atoms with Crippen LogP contribution in [-0.2, 0) is 0 Å². The number of hydrogen-bond donors (Lipinski definition) is 1. The highest BCUT2D eigenvalue weighted by Gasteiger charge is 2.37. The summed E-state index contributed by atoms with van der Waals surface area (Å²) in [5, 5.41) is 3.74. The van der Waals surface area contributed by atoms with Crippen LogP contribution in [0.1, 0.15) is 50.6 Å². The van der Waals surface area contributed by atoms with E-state index in [4.69, 9.17) is 0 Å². The average Bonchev–Trinajstić information content (AvgIpc) is 3.11. The van der Waals surface area contributed by atoms with Gasteiger partial charge in [-0.25, -0.2) is 0 Å². The van der Waals surface area contributed by atoms with Crippen LogP contribution in [0.2, 0.25) is 0 Å². The van der Waals surface area contributed by atoms with E-state index in [9.17, 15) is 0 Å². The molecular weight excluding hydrogens is 324 g/mol. The zero-order valence-corrected chi connectivity index (χ0v) is 14.6. The van der Waals surface area contributed by atoms with Crippen molar-refractivity contribution in [2.45, 2.75) is 51.1 Å². The molecule has 0 spiro atoms. The number of likely N-dealkylation sites (tertiary alicyclic amines) is 1. The molecule has 2 fully saturated rings. The lowest BCUT2D eigenvalue weighted by molar-refractivity contribution is 0.202. The summed E-state index contributed by atoms with van der Waals surface area (Å²) in [4.78, 5) is 2.74. The van der Waals surface area contributed by atoms with Gasteiger partial charge in [-0.15, -0.1) is 0 Å². The summed E-state index contributed by atoms with van der Waals surface area (Å²) in [6, 6.07) is 10.0. The van der Waals surface area contributed by atoms with Crippen LogP contribution in [0.4, 0.5) is 0 Å². The first-order valence-electron chi connectivity index (χ1n) is 8.49. The van der Waals surface area contributed by atoms with E-state index >= 15 is 0 Å². The number of rotatable bonds is 7. The minimum atomic E-state index is 0.472. The molecule has 1 aliphatic heterocycles. The van der Waals surface area contributed by atoms with Gasteiger partial charge in [0, 0.05) is 29.6 Å². The van der Waals surface area contributed by atoms with Crippen LogP contribution in [-0.4, -0.2) is 30.6 Å². The Hall–Kier alpha value is -0.380. The maximum Gasteiger partial charge on any atom is 0.0343 e. The van der Waals surface area contributed by atoms with Crippen LogP contribution in [0.15, 0.2) is 28.7 Å². The van der Waals surface area contributed by atoms with Crippen molar-refractivity contribution in [1.29, 1.82) is 0 Å². The summed E-state index contributed by atoms with van der Waals surface area (Å²) in [6.45, 7) is 5.92. The second kappa shape index (κ2) is 7.26. The maximum atomic E-state index is 3.74. The number of benzene rings is 1. The predicted octanol–water partition coefficient (Wildman–Crippen LogP) is 4.36. The molecule has 21 heavy (non-hydrogen) atoms. The standard InChI is InChI=1S/C18H27BrN2/c1-2-10-20-18(16-5-3-4-6-17(16)19)9-11-21-13-14-7-8-15(21)12-14/h3-6,14-15,18,20H,2,7-13H2,1H3. The smallest absolute Gasteiger partial charge is 0.0343 e. The Bertz CT molecular complexity index is 462. The normalized spacial score (nSPS) is 26.4. The Morgan fingerprint density at radius 3 is 2.86 bits per heavy atom. The third-order valence-electron chi connectivity index (χ3n) is 5.15. The van der Waals surface area contributed by atoms with Gasteiger partial charge in [0.1, 0.15) is 0 Å². The van der Waals surface area contributed by atoms with Crippen molar-refractivity contribution in [1.82, 2.24) is 10.2 Å². The molecule has 1 N–H and O–H groups in total. The Balaban J connectivity index is 1.61. The van der Waals surface area contributed by atoms with Gasteiger partial charge in [0.05, 0.1) is 0 Å². The van der Waals surface area contributed by atoms with E-state index in [0.717, 1.165) is 18.5 Å². The number of piperidine rings is 1. The van der Waals surface area contributed by atoms with Gasteiger partial charge < -0.3 is 10.2 Å². The summed E-state index contributed by atoms with van der Waals surface area (Å²) in [5.74, 6) is 1.00. The van der Waals surface area contributed by atoms with Gasteiger partial charge in [-0.2, -0.15) is 0 Å². The number of hydrogen-bond acceptors (Lipinski definition) is 2. The summed E-state index contributed by atoms with van der Waals surface area (Å²) in [6.07, 6.45) is 6.78. The van der Waals surface area contributed by atoms with Crippen LogP contribution >= 0.6 is 15.9 Å². The van der Waals surface area contributed by atoms with Crippen molar-refractivity contribution in [2.75, 3.05) is 19.6 Å². The molecule has 0 aromatic heterocycles. The SMILES string of the molecule is CCCNC(CCN1CC2CCC1C2)c1ccccc1Br. The van der Waals surface area contributed by atoms with Gasteiger partial charge in [-0.05, 0) is 56.2 Å². The summed E-state index contributed by atoms with van der Waals surface area (Å²) >= 11 is 3.72. The molecule has 116 valence electrons. The van der Waals surface area contributed by atoms with E-state index in [2.05, 4.69) is 57.3 Å². The van der Waals surface area contributed by atoms with Gasteiger partial charge in [-0.1, -0.05) is 41.1 Å². The van der Waals surface area contributed by atoms with Crippen molar-refractivity contribution in [3.05, 3.63) is 34.3 Å². The molecule has 2 bridgehead atoms. The highest BCUT2D eigenvalue weighted by Crippen LogP contribution is 2.38. The fraction of sp³-hybridized carbons (Fsp3) is 0.667. The second-order valence-electron chi connectivity index (χ2n) is 6.64. The highest BCUT2D eigenvalue weighted by atomic mass is 79.9. The van der Waals surface area contributed by atoms with Crippen molar-refractivity contribution in [3.63, 3.8) is 0 Å². The lowest BCUT2D eigenvalue weighted by Crippen LogP contribution is -2.35. The molecule has 1 heterocycles. The van der Waals surface area contributed by atoms with Gasteiger partial charge in [0.15, 0.2) is 0 Å². The quantitative estimate of drug-likeness (QED) is 0.785. The predicted molar refractivity (Wildman–Crippen MR) is 92.5 cm³/mol. The summed E-state index contributed by atoms with van der Waals surface area (Å²) in [5.41, 5.74) is 1.41. The Morgan fingerprint density at radius 2 is 2.19 bits per heavy atom. The van der Waals surface area contributed by atoms with Crippen LogP contribution in [0, 0.1) is 5.92 Å². The molecule has 1 aliphatic carbocycles. The Morgan fingerprint density at radius 1 is 1.33 bits per heavy atom. The first kappa shape index (κ1) is 15.5. The van der Waals surface area contributed by atoms with E-state index in [-0.39, 0.29) is 0 Å². The van der Waals surface area contributed by atoms with E-state index in [1.165, 1.54) is 55.2 Å². The molecule has 3 atom stereocenters. The molecule has 3 rings (SSSR count). The third-order valence-corrected chi connectivity index (χ3v) is 5.87. The minimum Gasteiger partial charge on any atom is -0.310 e. The number of fused-ring (bicyclic) bond motifs is 2. The zero-order chi connectivity index (χ0) is 14.7. The number of nitrogens with one attached hydrogen (secondary N) is 1. The zero-order valence-electron chi connectivity index (χ0n) is 13.0. The Kier molecular flexibility index (Phi) is 5.36. The second-order valence-corrected chi connectivity index (χ2v) is 7.50. The maximum absolute atomic E-state index is 3.74. The monoisotopic (exact) mass is 350 g/mol. The van der Waals surface area contributed by atoms with Crippen molar-refractivity contribution in [2.24, 2.45) is 5.92 Å². The van der Waals surface area contributed by atoms with Crippen LogP contribution < -0.4 is 5.32 Å². The highest BCUT2D eigenvalue weighted by molar-refractivity contribution is 9.10. The Labute approximate surface area is 137 Å². The van der Waals surface area contributed by atoms with Gasteiger partial charge in [0.2, 0.25) is 0 Å². The molecule has 3 unspecified atom stereocenters. The van der Waals surface area contributed by atoms with Gasteiger partial charge >= 0.3 is 0 Å². The van der Waals surface area contributed by atoms with Crippen molar-refractivity contribution >= 4 is 15.9 Å². The molecule has 3 heteroatoms. The topological polar surface area (TPSA) is 15.3 Å². The van der Waals surface area contributed by atoms with Crippen LogP contribution in [0.25, 0.3) is 0 Å². The molecule has 2 nitrogen and oxygen atoms in total. The first-order chi connectivity index (χ1) is 10.3. The fourth-order valence-corrected chi connectivity index (χ4v) is 4.60. The van der Waals surface area contributed by atoms with E-state index in [1.807, 2.05) is 0 Å². The summed E-state index contributed by atoms with van der Waals surface area (Å²) in [7, 11) is 0. The van der Waals surface area contributed by atoms with Crippen LogP contribution in [0.3, 0.4) is 0 Å². The molecule has 0 amide bonds. The third kappa shape index (κ3) is 3.69. The van der Waals surface area contributed by atoms with Crippen molar-refractivity contribution in [3.8, 4) is 0 Å². The van der Waals surface area contributed by atoms with E-state index in [1.54, 1.807) is 0 Å². The molecule has 0 radical (unpaired) electrons. The molecule has 1 saturated carbocycles. The van der Waals surface area contributed by atoms with E-state index in [0.29, 0.717) is 6.04 Å². The fourth-order valence-electron chi connectivity index (χ4n) is 4.04. The lowest BCUT2D eigenvalue weighted by atomic mass is 10.0. The van der Waals surface area contributed by atoms with E-state index < -0.39 is 0 Å². The molecule has 2 aliphatic rings. The lowest BCUT2D eigenvalue weighted by Gasteiger charge is -2.29. The van der Waals surface area contributed by atoms with Crippen molar-refractivity contribution < 1.29 is 0 Å². The van der Waals surface area contributed by atoms with Crippen LogP contribution in [0.5, 0.6) is 0 Å². The number of nitrogens with zero attached hydrogens (tertiary/aromatic N) is 1.